The molecule has 0 nitrogen and oxygen atoms in total. The summed E-state index contributed by atoms with van der Waals surface area (Å²) in [6.45, 7) is 8.37. The van der Waals surface area contributed by atoms with E-state index in [9.17, 15) is 0 Å². The van der Waals surface area contributed by atoms with E-state index in [1.54, 1.807) is 0 Å². The number of benzene rings is 1. The van der Waals surface area contributed by atoms with Crippen LogP contribution in [0.3, 0.4) is 0 Å². The molecule has 0 N–H and O–H groups in total. The van der Waals surface area contributed by atoms with Gasteiger partial charge in [-0.15, -0.1) is 0 Å². The molecule has 0 atom stereocenters. The average Bonchev–Trinajstić information content (AvgIpc) is 2.21. The molecule has 0 heterocycles. The van der Waals surface area contributed by atoms with Gasteiger partial charge in [0, 0.05) is 0 Å². The molecule has 100 valence electrons. The molecule has 1 aliphatic carbocycles. The van der Waals surface area contributed by atoms with E-state index in [1.165, 1.54) is 35.1 Å². The molecule has 2 rings (SSSR count). The highest BCUT2D eigenvalue weighted by atomic mass is 14.1. The van der Waals surface area contributed by atoms with Crippen LogP contribution in [0.5, 0.6) is 0 Å². The van der Waals surface area contributed by atoms with Crippen LogP contribution in [0.2, 0.25) is 0 Å². The Hall–Kier alpha value is -1.04. The van der Waals surface area contributed by atoms with Gasteiger partial charge in [0.2, 0.25) is 0 Å². The monoisotopic (exact) mass is 236 g/mol. The summed E-state index contributed by atoms with van der Waals surface area (Å²) >= 11 is 0. The summed E-state index contributed by atoms with van der Waals surface area (Å²) in [4.78, 5) is 0. The van der Waals surface area contributed by atoms with Crippen molar-refractivity contribution < 1.29 is 0 Å². The zero-order valence-corrected chi connectivity index (χ0v) is 9.72. The van der Waals surface area contributed by atoms with E-state index in [4.69, 9.17) is 0 Å². The standard InChI is InChI=1S/C12H14.C2H6.3CH4/c1-9-3-5-12-8-10(2)4-6-11(12)7-9;1-2;;;/h3,5,7-8H,4,6H2,1-2H3;1-2H3;3*1H4. The number of allylic oxidation sites excluding steroid dienone is 1. The highest BCUT2D eigenvalue weighted by molar-refractivity contribution is 5.59. The molecule has 0 unspecified atom stereocenters. The third kappa shape index (κ3) is 5.72. The number of hydrogen-bond acceptors (Lipinski definition) is 0. The lowest BCUT2D eigenvalue weighted by atomic mass is 9.92. The van der Waals surface area contributed by atoms with Crippen molar-refractivity contribution in [3.8, 4) is 0 Å². The fourth-order valence-corrected chi connectivity index (χ4v) is 1.76. The Balaban J connectivity index is -0.000000373. The van der Waals surface area contributed by atoms with Crippen LogP contribution in [0.4, 0.5) is 0 Å². The van der Waals surface area contributed by atoms with Crippen molar-refractivity contribution in [1.29, 1.82) is 0 Å². The molecule has 0 saturated heterocycles. The zero-order chi connectivity index (χ0) is 10.6. The minimum Gasteiger partial charge on any atom is -0.0776 e. The van der Waals surface area contributed by atoms with Crippen LogP contribution in [0.25, 0.3) is 6.08 Å². The Bertz CT molecular complexity index is 332. The zero-order valence-electron chi connectivity index (χ0n) is 9.72. The van der Waals surface area contributed by atoms with Gasteiger partial charge in [-0.25, -0.2) is 0 Å². The minimum absolute atomic E-state index is 0. The summed E-state index contributed by atoms with van der Waals surface area (Å²) in [6.07, 6.45) is 4.76. The average molecular weight is 236 g/mol. The first-order valence-corrected chi connectivity index (χ1v) is 5.52. The first-order valence-electron chi connectivity index (χ1n) is 5.52. The summed E-state index contributed by atoms with van der Waals surface area (Å²) < 4.78 is 0. The van der Waals surface area contributed by atoms with Gasteiger partial charge in [-0.3, -0.25) is 0 Å². The van der Waals surface area contributed by atoms with Gasteiger partial charge >= 0.3 is 0 Å². The predicted octanol–water partition coefficient (Wildman–Crippen LogP) is 6.28. The van der Waals surface area contributed by atoms with Gasteiger partial charge in [0.05, 0.1) is 0 Å². The second kappa shape index (κ2) is 10.1. The lowest BCUT2D eigenvalue weighted by molar-refractivity contribution is 0.925. The van der Waals surface area contributed by atoms with E-state index in [0.29, 0.717) is 0 Å². The first-order chi connectivity index (χ1) is 6.75. The first kappa shape index (κ1) is 21.3. The van der Waals surface area contributed by atoms with Crippen molar-refractivity contribution in [2.75, 3.05) is 0 Å². The highest BCUT2D eigenvalue weighted by Crippen LogP contribution is 2.23. The molecule has 0 saturated carbocycles. The SMILES string of the molecule is C.C.C.CC.CC1=Cc2ccc(C)cc2CC1. The van der Waals surface area contributed by atoms with Crippen LogP contribution in [0.15, 0.2) is 23.8 Å². The Morgan fingerprint density at radius 1 is 0.882 bits per heavy atom. The van der Waals surface area contributed by atoms with E-state index < -0.39 is 0 Å². The summed E-state index contributed by atoms with van der Waals surface area (Å²) in [5.74, 6) is 0. The molecule has 1 aliphatic rings. The van der Waals surface area contributed by atoms with E-state index >= 15 is 0 Å². The fraction of sp³-hybridized carbons (Fsp3) is 0.529. The maximum absolute atomic E-state index is 2.30. The number of aryl methyl sites for hydroxylation is 2. The van der Waals surface area contributed by atoms with Gasteiger partial charge in [-0.1, -0.05) is 71.5 Å². The summed E-state index contributed by atoms with van der Waals surface area (Å²) in [5, 5.41) is 0. The quantitative estimate of drug-likeness (QED) is 0.497. The molecule has 0 radical (unpaired) electrons. The molecule has 0 amide bonds. The summed E-state index contributed by atoms with van der Waals surface area (Å²) in [7, 11) is 0. The second-order valence-electron chi connectivity index (χ2n) is 3.69. The largest absolute Gasteiger partial charge is 0.0776 e. The second-order valence-corrected chi connectivity index (χ2v) is 3.69. The molecule has 0 heteroatoms. The Kier molecular flexibility index (Phi) is 12.7. The van der Waals surface area contributed by atoms with Gasteiger partial charge in [-0.2, -0.15) is 0 Å². The van der Waals surface area contributed by atoms with Crippen molar-refractivity contribution in [3.05, 3.63) is 40.5 Å². The van der Waals surface area contributed by atoms with Gasteiger partial charge in [0.25, 0.3) is 0 Å². The number of fused-ring (bicyclic) bond motifs is 1. The van der Waals surface area contributed by atoms with E-state index in [1.807, 2.05) is 13.8 Å². The lowest BCUT2D eigenvalue weighted by Gasteiger charge is -2.13. The molecule has 0 bridgehead atoms. The van der Waals surface area contributed by atoms with Crippen LogP contribution in [0, 0.1) is 6.92 Å². The Labute approximate surface area is 110 Å². The smallest absolute Gasteiger partial charge is 0.0225 e. The summed E-state index contributed by atoms with van der Waals surface area (Å²) in [5.41, 5.74) is 5.82. The number of hydrogen-bond donors (Lipinski definition) is 0. The van der Waals surface area contributed by atoms with Gasteiger partial charge in [0.1, 0.15) is 0 Å². The predicted molar refractivity (Wildman–Crippen MR) is 84.7 cm³/mol. The fourth-order valence-electron chi connectivity index (χ4n) is 1.76. The van der Waals surface area contributed by atoms with Gasteiger partial charge in [0.15, 0.2) is 0 Å². The molecule has 0 spiro atoms. The number of rotatable bonds is 0. The van der Waals surface area contributed by atoms with Crippen molar-refractivity contribution in [2.45, 2.75) is 62.8 Å². The van der Waals surface area contributed by atoms with Gasteiger partial charge in [-0.05, 0) is 37.8 Å². The Morgan fingerprint density at radius 2 is 1.47 bits per heavy atom. The van der Waals surface area contributed by atoms with E-state index in [0.717, 1.165) is 0 Å². The van der Waals surface area contributed by atoms with Crippen LogP contribution >= 0.6 is 0 Å². The topological polar surface area (TPSA) is 0 Å². The molecule has 1 aromatic rings. The molecular weight excluding hydrogens is 204 g/mol. The molecule has 1 aromatic carbocycles. The third-order valence-electron chi connectivity index (χ3n) is 2.49. The van der Waals surface area contributed by atoms with Crippen molar-refractivity contribution in [2.24, 2.45) is 0 Å². The van der Waals surface area contributed by atoms with Crippen LogP contribution in [0.1, 0.15) is 66.2 Å². The molecular formula is C17H32. The Morgan fingerprint density at radius 3 is 2.06 bits per heavy atom. The van der Waals surface area contributed by atoms with E-state index in [-0.39, 0.29) is 22.3 Å². The molecule has 0 aromatic heterocycles. The maximum Gasteiger partial charge on any atom is -0.0225 e. The molecule has 0 aliphatic heterocycles. The molecule has 0 fully saturated rings. The molecule has 17 heavy (non-hydrogen) atoms. The van der Waals surface area contributed by atoms with Crippen LogP contribution < -0.4 is 0 Å². The third-order valence-corrected chi connectivity index (χ3v) is 2.49. The normalized spacial score (nSPS) is 11.2. The highest BCUT2D eigenvalue weighted by Gasteiger charge is 2.06. The van der Waals surface area contributed by atoms with Crippen LogP contribution in [-0.4, -0.2) is 0 Å². The van der Waals surface area contributed by atoms with Gasteiger partial charge < -0.3 is 0 Å². The minimum atomic E-state index is 0. The lowest BCUT2D eigenvalue weighted by Crippen LogP contribution is -1.97. The van der Waals surface area contributed by atoms with Crippen LogP contribution in [-0.2, 0) is 6.42 Å². The van der Waals surface area contributed by atoms with E-state index in [2.05, 4.69) is 38.1 Å². The van der Waals surface area contributed by atoms with Crippen molar-refractivity contribution in [3.63, 3.8) is 0 Å². The summed E-state index contributed by atoms with van der Waals surface area (Å²) in [6, 6.07) is 6.72. The van der Waals surface area contributed by atoms with Crippen molar-refractivity contribution in [1.82, 2.24) is 0 Å². The maximum atomic E-state index is 2.30. The van der Waals surface area contributed by atoms with Crippen molar-refractivity contribution >= 4 is 6.08 Å².